The molecular formula is C17H25N5O. The van der Waals surface area contributed by atoms with Crippen molar-refractivity contribution < 1.29 is 4.79 Å². The molecule has 0 spiro atoms. The van der Waals surface area contributed by atoms with Crippen molar-refractivity contribution >= 4 is 11.7 Å². The molecule has 0 radical (unpaired) electrons. The van der Waals surface area contributed by atoms with Crippen molar-refractivity contribution in [2.75, 3.05) is 18.4 Å². The second-order valence-electron chi connectivity index (χ2n) is 5.72. The maximum atomic E-state index is 11.9. The highest BCUT2D eigenvalue weighted by Gasteiger charge is 2.11. The molecular weight excluding hydrogens is 290 g/mol. The molecule has 0 atom stereocenters. The van der Waals surface area contributed by atoms with Gasteiger partial charge in [-0.05, 0) is 44.4 Å². The Morgan fingerprint density at radius 2 is 2.04 bits per heavy atom. The van der Waals surface area contributed by atoms with Crippen LogP contribution in [-0.4, -0.2) is 33.8 Å². The van der Waals surface area contributed by atoms with Gasteiger partial charge in [-0.3, -0.25) is 9.48 Å². The molecule has 0 saturated heterocycles. The third-order valence-electron chi connectivity index (χ3n) is 4.01. The maximum Gasteiger partial charge on any atom is 0.220 e. The lowest BCUT2D eigenvalue weighted by molar-refractivity contribution is -0.120. The number of nitrogens with zero attached hydrogens (tertiary/aromatic N) is 3. The number of hydrogen-bond donors (Lipinski definition) is 2. The Labute approximate surface area is 137 Å². The molecule has 2 aromatic rings. The molecule has 6 nitrogen and oxygen atoms in total. The maximum absolute atomic E-state index is 11.9. The molecule has 0 aliphatic heterocycles. The summed E-state index contributed by atoms with van der Waals surface area (Å²) >= 11 is 0. The molecule has 0 aliphatic carbocycles. The van der Waals surface area contributed by atoms with Crippen LogP contribution in [-0.2, 0) is 18.3 Å². The first-order valence-electron chi connectivity index (χ1n) is 7.90. The van der Waals surface area contributed by atoms with Gasteiger partial charge < -0.3 is 10.6 Å². The molecule has 124 valence electrons. The fourth-order valence-electron chi connectivity index (χ4n) is 2.56. The van der Waals surface area contributed by atoms with E-state index in [1.807, 2.05) is 44.6 Å². The van der Waals surface area contributed by atoms with Crippen molar-refractivity contribution in [3.05, 3.63) is 40.8 Å². The Morgan fingerprint density at radius 3 is 2.70 bits per heavy atom. The van der Waals surface area contributed by atoms with Gasteiger partial charge in [0.05, 0.1) is 5.69 Å². The molecule has 0 aromatic carbocycles. The summed E-state index contributed by atoms with van der Waals surface area (Å²) in [5, 5.41) is 10.5. The second-order valence-corrected chi connectivity index (χ2v) is 5.72. The van der Waals surface area contributed by atoms with E-state index in [1.165, 1.54) is 5.56 Å². The van der Waals surface area contributed by atoms with Gasteiger partial charge in [0.15, 0.2) is 0 Å². The first-order chi connectivity index (χ1) is 11.0. The molecule has 0 aliphatic rings. The fourth-order valence-corrected chi connectivity index (χ4v) is 2.56. The predicted octanol–water partition coefficient (Wildman–Crippen LogP) is 1.90. The van der Waals surface area contributed by atoms with Crippen LogP contribution < -0.4 is 10.6 Å². The number of aromatic nitrogens is 3. The first-order valence-corrected chi connectivity index (χ1v) is 7.90. The number of carbonyl (C=O) groups is 1. The number of pyridine rings is 1. The van der Waals surface area contributed by atoms with Crippen LogP contribution in [0, 0.1) is 20.8 Å². The van der Waals surface area contributed by atoms with Gasteiger partial charge in [-0.15, -0.1) is 0 Å². The Kier molecular flexibility index (Phi) is 5.73. The minimum Gasteiger partial charge on any atom is -0.368 e. The number of aryl methyl sites for hydroxylation is 3. The van der Waals surface area contributed by atoms with Crippen LogP contribution in [0.1, 0.15) is 28.9 Å². The van der Waals surface area contributed by atoms with E-state index in [0.29, 0.717) is 19.5 Å². The van der Waals surface area contributed by atoms with Crippen molar-refractivity contribution in [3.8, 4) is 0 Å². The molecule has 23 heavy (non-hydrogen) atoms. The lowest BCUT2D eigenvalue weighted by atomic mass is 10.1. The Hall–Kier alpha value is -2.37. The van der Waals surface area contributed by atoms with E-state index < -0.39 is 0 Å². The van der Waals surface area contributed by atoms with Crippen LogP contribution in [0.5, 0.6) is 0 Å². The number of nitrogens with one attached hydrogen (secondary N) is 2. The second kappa shape index (κ2) is 7.76. The van der Waals surface area contributed by atoms with Gasteiger partial charge in [0.25, 0.3) is 0 Å². The minimum atomic E-state index is 0.0622. The molecule has 1 amide bonds. The summed E-state index contributed by atoms with van der Waals surface area (Å²) in [7, 11) is 1.93. The number of anilines is 1. The molecule has 2 heterocycles. The van der Waals surface area contributed by atoms with E-state index in [-0.39, 0.29) is 5.91 Å². The summed E-state index contributed by atoms with van der Waals surface area (Å²) in [6.07, 6.45) is 2.96. The van der Waals surface area contributed by atoms with E-state index in [1.54, 1.807) is 6.20 Å². The van der Waals surface area contributed by atoms with Gasteiger partial charge in [-0.25, -0.2) is 4.98 Å². The zero-order chi connectivity index (χ0) is 16.8. The average molecular weight is 315 g/mol. The van der Waals surface area contributed by atoms with Crippen LogP contribution in [0.4, 0.5) is 5.82 Å². The van der Waals surface area contributed by atoms with Crippen LogP contribution in [0.25, 0.3) is 0 Å². The third-order valence-corrected chi connectivity index (χ3v) is 4.01. The quantitative estimate of drug-likeness (QED) is 0.766. The van der Waals surface area contributed by atoms with Crippen LogP contribution in [0.2, 0.25) is 0 Å². The molecule has 2 N–H and O–H groups in total. The van der Waals surface area contributed by atoms with E-state index in [9.17, 15) is 4.79 Å². The number of amides is 1. The molecule has 0 bridgehead atoms. The molecule has 0 saturated carbocycles. The lowest BCUT2D eigenvalue weighted by Crippen LogP contribution is -2.29. The summed E-state index contributed by atoms with van der Waals surface area (Å²) < 4.78 is 1.86. The Morgan fingerprint density at radius 1 is 1.26 bits per heavy atom. The normalized spacial score (nSPS) is 10.6. The predicted molar refractivity (Wildman–Crippen MR) is 91.5 cm³/mol. The number of hydrogen-bond acceptors (Lipinski definition) is 4. The summed E-state index contributed by atoms with van der Waals surface area (Å²) in [4.78, 5) is 16.2. The summed E-state index contributed by atoms with van der Waals surface area (Å²) in [5.74, 6) is 0.926. The van der Waals surface area contributed by atoms with E-state index in [4.69, 9.17) is 0 Å². The first kappa shape index (κ1) is 17.0. The molecule has 0 fully saturated rings. The van der Waals surface area contributed by atoms with E-state index >= 15 is 0 Å². The summed E-state index contributed by atoms with van der Waals surface area (Å²) in [6.45, 7) is 7.27. The lowest BCUT2D eigenvalue weighted by Gasteiger charge is -2.09. The Bertz CT molecular complexity index is 678. The zero-order valence-electron chi connectivity index (χ0n) is 14.3. The van der Waals surface area contributed by atoms with Gasteiger partial charge >= 0.3 is 0 Å². The monoisotopic (exact) mass is 315 g/mol. The zero-order valence-corrected chi connectivity index (χ0v) is 14.3. The molecule has 0 unspecified atom stereocenters. The highest BCUT2D eigenvalue weighted by Crippen LogP contribution is 2.13. The average Bonchev–Trinajstić information content (AvgIpc) is 2.76. The van der Waals surface area contributed by atoms with Gasteiger partial charge in [-0.1, -0.05) is 6.07 Å². The minimum absolute atomic E-state index is 0.0622. The number of rotatable bonds is 7. The van der Waals surface area contributed by atoms with Crippen molar-refractivity contribution in [1.82, 2.24) is 20.1 Å². The van der Waals surface area contributed by atoms with Crippen LogP contribution in [0.15, 0.2) is 18.3 Å². The molecule has 6 heteroatoms. The van der Waals surface area contributed by atoms with Gasteiger partial charge in [0.2, 0.25) is 5.91 Å². The van der Waals surface area contributed by atoms with E-state index in [0.717, 1.165) is 29.2 Å². The Balaban J connectivity index is 1.70. The van der Waals surface area contributed by atoms with E-state index in [2.05, 4.69) is 20.7 Å². The SMILES string of the molecule is Cc1cccnc1NCCNC(=O)CCc1c(C)nn(C)c1C. The van der Waals surface area contributed by atoms with Crippen molar-refractivity contribution in [2.24, 2.45) is 7.05 Å². The van der Waals surface area contributed by atoms with Gasteiger partial charge in [0.1, 0.15) is 5.82 Å². The standard InChI is InChI=1S/C17H25N5O/c1-12-6-5-9-19-17(12)20-11-10-18-16(23)8-7-15-13(2)21-22(4)14(15)3/h5-6,9H,7-8,10-11H2,1-4H3,(H,18,23)(H,19,20). The van der Waals surface area contributed by atoms with Gasteiger partial charge in [0, 0.05) is 38.4 Å². The molecule has 2 aromatic heterocycles. The van der Waals surface area contributed by atoms with Crippen LogP contribution in [0.3, 0.4) is 0 Å². The third kappa shape index (κ3) is 4.55. The largest absolute Gasteiger partial charge is 0.368 e. The van der Waals surface area contributed by atoms with Crippen molar-refractivity contribution in [1.29, 1.82) is 0 Å². The summed E-state index contributed by atoms with van der Waals surface area (Å²) in [5.41, 5.74) is 4.40. The van der Waals surface area contributed by atoms with Crippen molar-refractivity contribution in [2.45, 2.75) is 33.6 Å². The van der Waals surface area contributed by atoms with Crippen molar-refractivity contribution in [3.63, 3.8) is 0 Å². The number of carbonyl (C=O) groups excluding carboxylic acids is 1. The topological polar surface area (TPSA) is 71.8 Å². The smallest absolute Gasteiger partial charge is 0.220 e. The summed E-state index contributed by atoms with van der Waals surface area (Å²) in [6, 6.07) is 3.91. The van der Waals surface area contributed by atoms with Crippen LogP contribution >= 0.6 is 0 Å². The highest BCUT2D eigenvalue weighted by molar-refractivity contribution is 5.76. The fraction of sp³-hybridized carbons (Fsp3) is 0.471. The highest BCUT2D eigenvalue weighted by atomic mass is 16.1. The molecule has 2 rings (SSSR count). The van der Waals surface area contributed by atoms with Gasteiger partial charge in [-0.2, -0.15) is 5.10 Å².